The first-order valence-electron chi connectivity index (χ1n) is 15.6. The summed E-state index contributed by atoms with van der Waals surface area (Å²) in [5.41, 5.74) is 0.613. The fraction of sp³-hybridized carbons (Fsp3) is 0.625. The predicted octanol–water partition coefficient (Wildman–Crippen LogP) is 2.68. The number of Topliss-reactive ketones (excluding diaryl/α,β-unsaturated/α-hetero) is 1. The maximum Gasteiger partial charge on any atom is 0.408 e. The fourth-order valence-electron chi connectivity index (χ4n) is 6.14. The minimum Gasteiger partial charge on any atom is -0.480 e. The van der Waals surface area contributed by atoms with E-state index in [-0.39, 0.29) is 19.3 Å². The topological polar surface area (TPSA) is 171 Å². The smallest absolute Gasteiger partial charge is 0.408 e. The summed E-state index contributed by atoms with van der Waals surface area (Å²) in [6, 6.07) is 3.08. The molecular formula is C32H44F2N4O8. The molecule has 1 heterocycles. The number of benzene rings is 1. The van der Waals surface area contributed by atoms with Crippen LogP contribution in [-0.2, 0) is 35.1 Å². The summed E-state index contributed by atoms with van der Waals surface area (Å²) < 4.78 is 35.0. The zero-order valence-corrected chi connectivity index (χ0v) is 26.8. The number of alkyl halides is 2. The number of ketones is 1. The Bertz CT molecular complexity index is 1290. The lowest BCUT2D eigenvalue weighted by atomic mass is 9.91. The van der Waals surface area contributed by atoms with Gasteiger partial charge in [0.05, 0.1) is 12.1 Å². The molecule has 254 valence electrons. The first kappa shape index (κ1) is 36.4. The van der Waals surface area contributed by atoms with Gasteiger partial charge in [-0.2, -0.15) is 0 Å². The third-order valence-corrected chi connectivity index (χ3v) is 8.43. The number of halogens is 2. The second-order valence-corrected chi connectivity index (χ2v) is 12.6. The number of hydrogen-bond donors (Lipinski definition) is 4. The number of carbonyl (C=O) groups excluding carboxylic acids is 5. The van der Waals surface area contributed by atoms with Gasteiger partial charge in [0.1, 0.15) is 18.1 Å². The number of rotatable bonds is 14. The molecule has 0 spiro atoms. The summed E-state index contributed by atoms with van der Waals surface area (Å²) in [6.07, 6.45) is -1.65. The molecule has 1 unspecified atom stereocenters. The van der Waals surface area contributed by atoms with Crippen LogP contribution in [0.4, 0.5) is 13.6 Å². The normalized spacial score (nSPS) is 22.0. The monoisotopic (exact) mass is 650 g/mol. The van der Waals surface area contributed by atoms with Crippen LogP contribution in [-0.4, -0.2) is 88.3 Å². The average molecular weight is 651 g/mol. The number of nitrogens with zero attached hydrogens (tertiary/aromatic N) is 1. The Balaban J connectivity index is 1.83. The van der Waals surface area contributed by atoms with Crippen molar-refractivity contribution >= 4 is 35.6 Å². The summed E-state index contributed by atoms with van der Waals surface area (Å²) >= 11 is 0. The van der Waals surface area contributed by atoms with Crippen molar-refractivity contribution in [3.63, 3.8) is 0 Å². The summed E-state index contributed by atoms with van der Waals surface area (Å²) in [7, 11) is 0. The van der Waals surface area contributed by atoms with Crippen LogP contribution in [0.15, 0.2) is 30.3 Å². The molecule has 4 N–H and O–H groups in total. The molecule has 2 fully saturated rings. The van der Waals surface area contributed by atoms with Gasteiger partial charge in [0.25, 0.3) is 11.8 Å². The van der Waals surface area contributed by atoms with Crippen LogP contribution in [0.2, 0.25) is 0 Å². The number of carboxylic acid groups (broad SMARTS) is 1. The summed E-state index contributed by atoms with van der Waals surface area (Å²) in [5, 5.41) is 16.9. The lowest BCUT2D eigenvalue weighted by Gasteiger charge is -2.33. The third kappa shape index (κ3) is 8.79. The van der Waals surface area contributed by atoms with E-state index >= 15 is 0 Å². The number of aliphatic carboxylic acids is 1. The van der Waals surface area contributed by atoms with E-state index in [4.69, 9.17) is 4.74 Å². The Kier molecular flexibility index (Phi) is 12.2. The summed E-state index contributed by atoms with van der Waals surface area (Å²) in [6.45, 7) is 7.80. The highest BCUT2D eigenvalue weighted by Gasteiger charge is 2.61. The van der Waals surface area contributed by atoms with Crippen molar-refractivity contribution in [3.05, 3.63) is 35.9 Å². The minimum atomic E-state index is -3.14. The molecule has 3 rings (SSSR count). The maximum atomic E-state index is 14.9. The van der Waals surface area contributed by atoms with Crippen molar-refractivity contribution < 1.29 is 47.4 Å². The number of fused-ring (bicyclic) bond motifs is 1. The predicted molar refractivity (Wildman–Crippen MR) is 162 cm³/mol. The first-order valence-corrected chi connectivity index (χ1v) is 15.6. The highest BCUT2D eigenvalue weighted by Crippen LogP contribution is 2.51. The molecule has 1 aliphatic heterocycles. The van der Waals surface area contributed by atoms with Crippen molar-refractivity contribution in [2.75, 3.05) is 6.54 Å². The fourth-order valence-corrected chi connectivity index (χ4v) is 6.14. The number of carbonyl (C=O) groups is 6. The lowest BCUT2D eigenvalue weighted by Crippen LogP contribution is -2.59. The number of nitrogens with one attached hydrogen (secondary N) is 3. The lowest BCUT2D eigenvalue weighted by molar-refractivity contribution is -0.146. The number of carboxylic acids is 1. The van der Waals surface area contributed by atoms with Gasteiger partial charge in [-0.25, -0.2) is 18.4 Å². The van der Waals surface area contributed by atoms with E-state index in [2.05, 4.69) is 16.0 Å². The van der Waals surface area contributed by atoms with Crippen LogP contribution in [0.3, 0.4) is 0 Å². The minimum absolute atomic E-state index is 0.00342. The second-order valence-electron chi connectivity index (χ2n) is 12.6. The number of hydrogen-bond acceptors (Lipinski definition) is 7. The average Bonchev–Trinajstić information content (AvgIpc) is 3.51. The first-order chi connectivity index (χ1) is 21.6. The van der Waals surface area contributed by atoms with Gasteiger partial charge in [-0.1, -0.05) is 57.5 Å². The number of alkyl carbamates (subject to hydrolysis) is 1. The Morgan fingerprint density at radius 2 is 1.65 bits per heavy atom. The maximum absolute atomic E-state index is 14.9. The Morgan fingerprint density at radius 3 is 2.22 bits per heavy atom. The summed E-state index contributed by atoms with van der Waals surface area (Å²) in [4.78, 5) is 79.1. The van der Waals surface area contributed by atoms with Crippen molar-refractivity contribution in [1.29, 1.82) is 0 Å². The van der Waals surface area contributed by atoms with Gasteiger partial charge in [-0.15, -0.1) is 0 Å². The zero-order chi connectivity index (χ0) is 34.3. The van der Waals surface area contributed by atoms with Crippen LogP contribution < -0.4 is 16.0 Å². The van der Waals surface area contributed by atoms with Crippen LogP contribution in [0.25, 0.3) is 0 Å². The second kappa shape index (κ2) is 15.5. The van der Waals surface area contributed by atoms with Crippen LogP contribution in [0, 0.1) is 17.8 Å². The molecule has 46 heavy (non-hydrogen) atoms. The summed E-state index contributed by atoms with van der Waals surface area (Å²) in [5.74, 6) is -11.2. The third-order valence-electron chi connectivity index (χ3n) is 8.43. The number of amides is 4. The van der Waals surface area contributed by atoms with Gasteiger partial charge in [-0.3, -0.25) is 19.2 Å². The van der Waals surface area contributed by atoms with Crippen LogP contribution in [0.1, 0.15) is 65.9 Å². The van der Waals surface area contributed by atoms with E-state index in [1.54, 1.807) is 65.0 Å². The molecule has 1 aliphatic carbocycles. The molecule has 0 bridgehead atoms. The van der Waals surface area contributed by atoms with Crippen LogP contribution >= 0.6 is 0 Å². The largest absolute Gasteiger partial charge is 0.480 e. The van der Waals surface area contributed by atoms with E-state index in [0.717, 1.165) is 4.90 Å². The molecule has 6 atom stereocenters. The van der Waals surface area contributed by atoms with E-state index in [1.807, 2.05) is 0 Å². The van der Waals surface area contributed by atoms with E-state index < -0.39 is 102 Å². The molecular weight excluding hydrogens is 606 g/mol. The van der Waals surface area contributed by atoms with E-state index in [0.29, 0.717) is 12.0 Å². The van der Waals surface area contributed by atoms with Crippen molar-refractivity contribution in [2.24, 2.45) is 17.8 Å². The van der Waals surface area contributed by atoms with E-state index in [1.165, 1.54) is 0 Å². The molecule has 1 saturated carbocycles. The Morgan fingerprint density at radius 1 is 1.00 bits per heavy atom. The molecule has 1 aromatic carbocycles. The van der Waals surface area contributed by atoms with Crippen LogP contribution in [0.5, 0.6) is 0 Å². The molecule has 0 aromatic heterocycles. The number of ether oxygens (including phenoxy) is 1. The zero-order valence-electron chi connectivity index (χ0n) is 26.8. The van der Waals surface area contributed by atoms with Crippen molar-refractivity contribution in [2.45, 2.75) is 103 Å². The standard InChI is InChI=1S/C32H44F2N4O8/c1-6-10-22(26(39)28(41)36-23(30(43)44)15-19-11-8-7-9-12-19)35-27(40)25-20-13-14-32(33,34)21(20)16-38(25)29(42)24(17(2)3)37-31(45)46-18(4)5/h7-9,11-12,17-18,20-25H,6,10,13-16H2,1-5H3,(H,35,40)(H,36,41)(H,37,45)(H,43,44)/t20-,21-,22?,23-,24-,25-/m0/s1. The Hall–Kier alpha value is -4.10. The van der Waals surface area contributed by atoms with Gasteiger partial charge < -0.3 is 30.7 Å². The van der Waals surface area contributed by atoms with Gasteiger partial charge in [0, 0.05) is 25.3 Å². The van der Waals surface area contributed by atoms with Gasteiger partial charge in [-0.05, 0) is 44.1 Å². The highest BCUT2D eigenvalue weighted by atomic mass is 19.3. The van der Waals surface area contributed by atoms with Gasteiger partial charge >= 0.3 is 12.1 Å². The molecule has 1 saturated heterocycles. The number of likely N-dealkylation sites (tertiary alicyclic amines) is 1. The highest BCUT2D eigenvalue weighted by molar-refractivity contribution is 6.38. The van der Waals surface area contributed by atoms with Gasteiger partial charge in [0.2, 0.25) is 17.6 Å². The van der Waals surface area contributed by atoms with Gasteiger partial charge in [0.15, 0.2) is 0 Å². The van der Waals surface area contributed by atoms with Crippen molar-refractivity contribution in [1.82, 2.24) is 20.9 Å². The molecule has 4 amide bonds. The molecule has 14 heteroatoms. The quantitative estimate of drug-likeness (QED) is 0.223. The molecule has 12 nitrogen and oxygen atoms in total. The SMILES string of the molecule is CCCC(NC(=O)[C@@H]1[C@H]2CCC(F)(F)[C@H]2CN1C(=O)[C@@H](NC(=O)OC(C)C)C(C)C)C(=O)C(=O)N[C@@H](Cc1ccccc1)C(=O)O. The molecule has 2 aliphatic rings. The Labute approximate surface area is 267 Å². The molecule has 1 aromatic rings. The van der Waals surface area contributed by atoms with Crippen molar-refractivity contribution in [3.8, 4) is 0 Å². The van der Waals surface area contributed by atoms with E-state index in [9.17, 15) is 42.7 Å². The molecule has 0 radical (unpaired) electrons.